The van der Waals surface area contributed by atoms with E-state index in [9.17, 15) is 23.9 Å². The van der Waals surface area contributed by atoms with Crippen molar-refractivity contribution in [2.24, 2.45) is 0 Å². The van der Waals surface area contributed by atoms with Crippen LogP contribution in [-0.2, 0) is 9.53 Å². The molecule has 35 heavy (non-hydrogen) atoms. The minimum Gasteiger partial charge on any atom is -0.479 e. The molecule has 2 aliphatic rings. The van der Waals surface area contributed by atoms with Gasteiger partial charge in [0.15, 0.2) is 11.4 Å². The van der Waals surface area contributed by atoms with Crippen LogP contribution in [0.15, 0.2) is 66.7 Å². The molecule has 178 valence electrons. The van der Waals surface area contributed by atoms with Crippen LogP contribution >= 0.6 is 0 Å². The van der Waals surface area contributed by atoms with Gasteiger partial charge < -0.3 is 19.8 Å². The quantitative estimate of drug-likeness (QED) is 0.520. The number of likely N-dealkylation sites (tertiary alicyclic amines) is 1. The van der Waals surface area contributed by atoms with E-state index >= 15 is 0 Å². The van der Waals surface area contributed by atoms with Gasteiger partial charge >= 0.3 is 12.1 Å². The Morgan fingerprint density at radius 3 is 2.17 bits per heavy atom. The normalized spacial score (nSPS) is 15.5. The summed E-state index contributed by atoms with van der Waals surface area (Å²) in [6.45, 7) is -0.864. The molecule has 0 saturated carbocycles. The van der Waals surface area contributed by atoms with Crippen LogP contribution in [0.1, 0.15) is 27.4 Å². The van der Waals surface area contributed by atoms with Crippen molar-refractivity contribution in [3.63, 3.8) is 0 Å². The number of carboxylic acids is 1. The summed E-state index contributed by atoms with van der Waals surface area (Å²) in [6.07, 6.45) is -0.875. The lowest BCUT2D eigenvalue weighted by atomic mass is 9.93. The summed E-state index contributed by atoms with van der Waals surface area (Å²) in [5.74, 6) is -3.38. The standard InChI is InChI=1S/C26H21FN2O6/c27-22-19(23(30)29-13-26(34,14-29)24(31)32)10-5-11-21(22)28-25(33)35-12-20-17-8-3-1-6-15(17)16-7-2-4-9-18(16)20/h1-11,20,34H,12-14H2,(H,28,33)(H,31,32). The van der Waals surface area contributed by atoms with E-state index < -0.39 is 42.5 Å². The molecule has 1 fully saturated rings. The van der Waals surface area contributed by atoms with Gasteiger partial charge in [0.1, 0.15) is 6.61 Å². The van der Waals surface area contributed by atoms with Crippen molar-refractivity contribution < 1.29 is 33.7 Å². The van der Waals surface area contributed by atoms with Gasteiger partial charge in [-0.2, -0.15) is 0 Å². The van der Waals surface area contributed by atoms with E-state index in [0.717, 1.165) is 27.2 Å². The zero-order valence-corrected chi connectivity index (χ0v) is 18.4. The molecule has 8 nitrogen and oxygen atoms in total. The number of hydrogen-bond donors (Lipinski definition) is 3. The zero-order valence-electron chi connectivity index (χ0n) is 18.4. The maximum absolute atomic E-state index is 15.0. The molecule has 3 aromatic carbocycles. The maximum Gasteiger partial charge on any atom is 0.411 e. The van der Waals surface area contributed by atoms with Gasteiger partial charge in [-0.1, -0.05) is 54.6 Å². The van der Waals surface area contributed by atoms with E-state index in [1.807, 2.05) is 48.5 Å². The Hall–Kier alpha value is -4.24. The molecule has 5 rings (SSSR count). The highest BCUT2D eigenvalue weighted by Crippen LogP contribution is 2.44. The predicted molar refractivity (Wildman–Crippen MR) is 124 cm³/mol. The van der Waals surface area contributed by atoms with Gasteiger partial charge in [0, 0.05) is 5.92 Å². The first-order valence-corrected chi connectivity index (χ1v) is 10.9. The van der Waals surface area contributed by atoms with Crippen molar-refractivity contribution in [1.82, 2.24) is 4.90 Å². The number of β-amino-alcohol motifs (C(OH)–C–C–N with tert-alkyl or cyclic N) is 1. The number of nitrogens with zero attached hydrogens (tertiary/aromatic N) is 1. The van der Waals surface area contributed by atoms with E-state index in [0.29, 0.717) is 0 Å². The summed E-state index contributed by atoms with van der Waals surface area (Å²) < 4.78 is 20.4. The molecule has 0 atom stereocenters. The van der Waals surface area contributed by atoms with Gasteiger partial charge in [-0.25, -0.2) is 14.0 Å². The van der Waals surface area contributed by atoms with Crippen LogP contribution in [0.25, 0.3) is 11.1 Å². The first kappa shape index (κ1) is 22.5. The summed E-state index contributed by atoms with van der Waals surface area (Å²) in [6, 6.07) is 19.6. The topological polar surface area (TPSA) is 116 Å². The molecule has 9 heteroatoms. The Bertz CT molecular complexity index is 1310. The summed E-state index contributed by atoms with van der Waals surface area (Å²) in [5.41, 5.74) is 1.59. The number of aliphatic carboxylic acids is 1. The van der Waals surface area contributed by atoms with Gasteiger partial charge in [-0.05, 0) is 34.4 Å². The van der Waals surface area contributed by atoms with Gasteiger partial charge in [0.05, 0.1) is 24.3 Å². The maximum atomic E-state index is 15.0. The smallest absolute Gasteiger partial charge is 0.411 e. The Morgan fingerprint density at radius 2 is 1.57 bits per heavy atom. The van der Waals surface area contributed by atoms with Crippen LogP contribution in [0.5, 0.6) is 0 Å². The average Bonchev–Trinajstić information content (AvgIpc) is 3.15. The zero-order chi connectivity index (χ0) is 24.7. The average molecular weight is 476 g/mol. The highest BCUT2D eigenvalue weighted by molar-refractivity contribution is 5.98. The Morgan fingerprint density at radius 1 is 0.971 bits per heavy atom. The minimum absolute atomic E-state index is 0.0433. The number of anilines is 1. The molecule has 1 aliphatic carbocycles. The second kappa shape index (κ2) is 8.52. The monoisotopic (exact) mass is 476 g/mol. The summed E-state index contributed by atoms with van der Waals surface area (Å²) >= 11 is 0. The lowest BCUT2D eigenvalue weighted by molar-refractivity contribution is -0.173. The van der Waals surface area contributed by atoms with Crippen LogP contribution < -0.4 is 5.32 Å². The number of fused-ring (bicyclic) bond motifs is 3. The molecule has 0 unspecified atom stereocenters. The van der Waals surface area contributed by atoms with Crippen LogP contribution in [0.2, 0.25) is 0 Å². The number of amides is 2. The highest BCUT2D eigenvalue weighted by atomic mass is 19.1. The SMILES string of the molecule is O=C(Nc1cccc(C(=O)N2CC(O)(C(=O)O)C2)c1F)OCC1c2ccccc2-c2ccccc21. The molecule has 1 heterocycles. The third-order valence-corrected chi connectivity index (χ3v) is 6.40. The molecule has 1 aliphatic heterocycles. The lowest BCUT2D eigenvalue weighted by Crippen LogP contribution is -2.67. The Balaban J connectivity index is 1.26. The number of nitrogens with one attached hydrogen (secondary N) is 1. The van der Waals surface area contributed by atoms with Crippen LogP contribution in [0.4, 0.5) is 14.9 Å². The fraction of sp³-hybridized carbons (Fsp3) is 0.192. The Labute approximate surface area is 199 Å². The predicted octanol–water partition coefficient (Wildman–Crippen LogP) is 3.46. The van der Waals surface area contributed by atoms with Crippen LogP contribution in [-0.4, -0.2) is 58.4 Å². The summed E-state index contributed by atoms with van der Waals surface area (Å²) in [7, 11) is 0. The van der Waals surface area contributed by atoms with Crippen molar-refractivity contribution in [2.45, 2.75) is 11.5 Å². The van der Waals surface area contributed by atoms with Gasteiger partial charge in [-0.3, -0.25) is 10.1 Å². The second-order valence-electron chi connectivity index (χ2n) is 8.62. The number of ether oxygens (including phenoxy) is 1. The third-order valence-electron chi connectivity index (χ3n) is 6.40. The fourth-order valence-electron chi connectivity index (χ4n) is 4.57. The van der Waals surface area contributed by atoms with E-state index in [-0.39, 0.29) is 23.8 Å². The fourth-order valence-corrected chi connectivity index (χ4v) is 4.57. The number of aliphatic hydroxyl groups is 1. The molecule has 0 bridgehead atoms. The van der Waals surface area contributed by atoms with Crippen molar-refractivity contribution in [2.75, 3.05) is 25.0 Å². The Kier molecular flexibility index (Phi) is 5.49. The molecular formula is C26H21FN2O6. The molecule has 1 saturated heterocycles. The number of carbonyl (C=O) groups is 3. The summed E-state index contributed by atoms with van der Waals surface area (Å²) in [5, 5.41) is 21.1. The molecule has 2 amide bonds. The highest BCUT2D eigenvalue weighted by Gasteiger charge is 2.50. The number of halogens is 1. The molecule has 3 N–H and O–H groups in total. The third kappa shape index (κ3) is 3.89. The molecule has 0 radical (unpaired) electrons. The van der Waals surface area contributed by atoms with Crippen LogP contribution in [0.3, 0.4) is 0 Å². The van der Waals surface area contributed by atoms with Gasteiger partial charge in [0.2, 0.25) is 0 Å². The molecule has 3 aromatic rings. The van der Waals surface area contributed by atoms with Gasteiger partial charge in [0.25, 0.3) is 5.91 Å². The first-order valence-electron chi connectivity index (χ1n) is 10.9. The first-order chi connectivity index (χ1) is 16.8. The van der Waals surface area contributed by atoms with Crippen molar-refractivity contribution in [3.05, 3.63) is 89.2 Å². The minimum atomic E-state index is -2.04. The number of carbonyl (C=O) groups excluding carboxylic acids is 2. The van der Waals surface area contributed by atoms with Gasteiger partial charge in [-0.15, -0.1) is 0 Å². The molecular weight excluding hydrogens is 455 g/mol. The number of carboxylic acid groups (broad SMARTS) is 1. The van der Waals surface area contributed by atoms with E-state index in [2.05, 4.69) is 5.32 Å². The number of benzene rings is 3. The largest absolute Gasteiger partial charge is 0.479 e. The van der Waals surface area contributed by atoms with Crippen molar-refractivity contribution in [3.8, 4) is 11.1 Å². The van der Waals surface area contributed by atoms with Crippen molar-refractivity contribution in [1.29, 1.82) is 0 Å². The second-order valence-corrected chi connectivity index (χ2v) is 8.62. The number of rotatable bonds is 5. The lowest BCUT2D eigenvalue weighted by Gasteiger charge is -2.43. The van der Waals surface area contributed by atoms with E-state index in [1.54, 1.807) is 0 Å². The summed E-state index contributed by atoms with van der Waals surface area (Å²) in [4.78, 5) is 37.1. The van der Waals surface area contributed by atoms with Crippen molar-refractivity contribution >= 4 is 23.7 Å². The number of hydrogen-bond acceptors (Lipinski definition) is 5. The molecule has 0 aromatic heterocycles. The molecule has 0 spiro atoms. The van der Waals surface area contributed by atoms with Crippen LogP contribution in [0, 0.1) is 5.82 Å². The van der Waals surface area contributed by atoms with E-state index in [1.165, 1.54) is 18.2 Å². The van der Waals surface area contributed by atoms with E-state index in [4.69, 9.17) is 9.84 Å².